The minimum absolute atomic E-state index is 0.197. The highest BCUT2D eigenvalue weighted by Crippen LogP contribution is 2.37. The summed E-state index contributed by atoms with van der Waals surface area (Å²) < 4.78 is 0. The Balaban J connectivity index is 1.90. The number of phenolic OH excluding ortho intramolecular Hbond substituents is 1. The highest BCUT2D eigenvalue weighted by atomic mass is 16.3. The number of anilines is 1. The predicted molar refractivity (Wildman–Crippen MR) is 109 cm³/mol. The first-order valence-electron chi connectivity index (χ1n) is 8.95. The molecule has 0 bridgehead atoms. The standard InChI is InChI=1S/C23H21N3O/c1-15-7-5-9-18(16(15)2)22(26-20-10-3-4-13-24-20)19-12-11-17-8-6-14-25-21(17)23(19)27/h3-14,22,27H,1-2H3,(H,24,26). The topological polar surface area (TPSA) is 58.0 Å². The van der Waals surface area contributed by atoms with Crippen LogP contribution in [0.3, 0.4) is 0 Å². The Morgan fingerprint density at radius 3 is 2.48 bits per heavy atom. The molecule has 4 aromatic rings. The second-order valence-electron chi connectivity index (χ2n) is 6.66. The van der Waals surface area contributed by atoms with Gasteiger partial charge in [-0.2, -0.15) is 0 Å². The Morgan fingerprint density at radius 2 is 1.67 bits per heavy atom. The van der Waals surface area contributed by atoms with Gasteiger partial charge in [0.05, 0.1) is 6.04 Å². The smallest absolute Gasteiger partial charge is 0.147 e. The molecule has 2 aromatic carbocycles. The summed E-state index contributed by atoms with van der Waals surface area (Å²) in [6, 6.07) is 19.5. The van der Waals surface area contributed by atoms with Crippen molar-refractivity contribution < 1.29 is 5.11 Å². The van der Waals surface area contributed by atoms with Crippen LogP contribution in [-0.4, -0.2) is 15.1 Å². The molecular weight excluding hydrogens is 334 g/mol. The highest BCUT2D eigenvalue weighted by molar-refractivity contribution is 5.86. The summed E-state index contributed by atoms with van der Waals surface area (Å²) in [5.41, 5.74) is 4.88. The van der Waals surface area contributed by atoms with E-state index in [1.165, 1.54) is 11.1 Å². The van der Waals surface area contributed by atoms with Crippen LogP contribution in [0.5, 0.6) is 5.75 Å². The van der Waals surface area contributed by atoms with Gasteiger partial charge in [0.1, 0.15) is 17.1 Å². The first-order valence-corrected chi connectivity index (χ1v) is 8.95. The number of benzene rings is 2. The zero-order valence-electron chi connectivity index (χ0n) is 15.3. The second kappa shape index (κ2) is 7.08. The number of rotatable bonds is 4. The quantitative estimate of drug-likeness (QED) is 0.531. The summed E-state index contributed by atoms with van der Waals surface area (Å²) in [6.07, 6.45) is 3.45. The Bertz CT molecular complexity index is 1090. The van der Waals surface area contributed by atoms with Gasteiger partial charge in [0.15, 0.2) is 0 Å². The average Bonchev–Trinajstić information content (AvgIpc) is 2.70. The number of nitrogens with zero attached hydrogens (tertiary/aromatic N) is 2. The van der Waals surface area contributed by atoms with Crippen molar-refractivity contribution in [1.29, 1.82) is 0 Å². The van der Waals surface area contributed by atoms with Gasteiger partial charge in [-0.3, -0.25) is 4.98 Å². The van der Waals surface area contributed by atoms with Crippen LogP contribution in [0, 0.1) is 13.8 Å². The predicted octanol–water partition coefficient (Wildman–Crippen LogP) is 5.15. The average molecular weight is 355 g/mol. The first-order chi connectivity index (χ1) is 13.1. The van der Waals surface area contributed by atoms with E-state index < -0.39 is 0 Å². The van der Waals surface area contributed by atoms with Gasteiger partial charge < -0.3 is 10.4 Å². The largest absolute Gasteiger partial charge is 0.505 e. The second-order valence-corrected chi connectivity index (χ2v) is 6.66. The number of hydrogen-bond donors (Lipinski definition) is 2. The summed E-state index contributed by atoms with van der Waals surface area (Å²) in [5.74, 6) is 0.950. The van der Waals surface area contributed by atoms with Crippen LogP contribution in [0.25, 0.3) is 10.9 Å². The van der Waals surface area contributed by atoms with Crippen LogP contribution in [0.1, 0.15) is 28.3 Å². The number of fused-ring (bicyclic) bond motifs is 1. The van der Waals surface area contributed by atoms with E-state index in [2.05, 4.69) is 41.3 Å². The summed E-state index contributed by atoms with van der Waals surface area (Å²) >= 11 is 0. The molecule has 0 radical (unpaired) electrons. The zero-order valence-corrected chi connectivity index (χ0v) is 15.3. The maximum atomic E-state index is 11.0. The van der Waals surface area contributed by atoms with Crippen LogP contribution in [-0.2, 0) is 0 Å². The lowest BCUT2D eigenvalue weighted by molar-refractivity contribution is 0.471. The van der Waals surface area contributed by atoms with Crippen molar-refractivity contribution in [3.63, 3.8) is 0 Å². The molecule has 0 amide bonds. The van der Waals surface area contributed by atoms with Crippen molar-refractivity contribution in [2.75, 3.05) is 5.32 Å². The lowest BCUT2D eigenvalue weighted by Crippen LogP contribution is -2.15. The van der Waals surface area contributed by atoms with Crippen LogP contribution < -0.4 is 5.32 Å². The maximum absolute atomic E-state index is 11.0. The molecule has 0 aliphatic heterocycles. The Labute approximate surface area is 158 Å². The lowest BCUT2D eigenvalue weighted by atomic mass is 9.91. The van der Waals surface area contributed by atoms with Crippen molar-refractivity contribution in [3.8, 4) is 5.75 Å². The van der Waals surface area contributed by atoms with E-state index in [1.807, 2.05) is 48.5 Å². The molecule has 0 fully saturated rings. The molecule has 4 heteroatoms. The molecule has 2 N–H and O–H groups in total. The third kappa shape index (κ3) is 3.22. The number of pyridine rings is 2. The molecule has 4 rings (SSSR count). The molecule has 134 valence electrons. The molecule has 1 atom stereocenters. The van der Waals surface area contributed by atoms with Crippen LogP contribution >= 0.6 is 0 Å². The Morgan fingerprint density at radius 1 is 0.815 bits per heavy atom. The number of aromatic nitrogens is 2. The first kappa shape index (κ1) is 17.0. The third-order valence-corrected chi connectivity index (χ3v) is 5.00. The Kier molecular flexibility index (Phi) is 4.47. The van der Waals surface area contributed by atoms with Crippen LogP contribution in [0.2, 0.25) is 0 Å². The number of aryl methyl sites for hydroxylation is 1. The fraction of sp³-hybridized carbons (Fsp3) is 0.130. The van der Waals surface area contributed by atoms with Gasteiger partial charge in [0, 0.05) is 23.3 Å². The molecule has 0 saturated carbocycles. The fourth-order valence-corrected chi connectivity index (χ4v) is 3.38. The van der Waals surface area contributed by atoms with Gasteiger partial charge >= 0.3 is 0 Å². The summed E-state index contributed by atoms with van der Waals surface area (Å²) in [4.78, 5) is 8.78. The summed E-state index contributed by atoms with van der Waals surface area (Å²) in [6.45, 7) is 4.20. The van der Waals surface area contributed by atoms with Gasteiger partial charge in [-0.05, 0) is 48.7 Å². The van der Waals surface area contributed by atoms with Crippen molar-refractivity contribution in [2.24, 2.45) is 0 Å². The number of aromatic hydroxyl groups is 1. The molecule has 2 heterocycles. The molecule has 0 spiro atoms. The van der Waals surface area contributed by atoms with Crippen molar-refractivity contribution in [3.05, 3.63) is 95.3 Å². The van der Waals surface area contributed by atoms with Crippen molar-refractivity contribution >= 4 is 16.7 Å². The van der Waals surface area contributed by atoms with Crippen molar-refractivity contribution in [1.82, 2.24) is 9.97 Å². The van der Waals surface area contributed by atoms with E-state index in [4.69, 9.17) is 0 Å². The minimum Gasteiger partial charge on any atom is -0.505 e. The number of phenols is 1. The van der Waals surface area contributed by atoms with E-state index in [9.17, 15) is 5.11 Å². The molecule has 0 aliphatic carbocycles. The Hall–Kier alpha value is -3.40. The van der Waals surface area contributed by atoms with Crippen molar-refractivity contribution in [2.45, 2.75) is 19.9 Å². The summed E-state index contributed by atoms with van der Waals surface area (Å²) in [5, 5.41) is 15.4. The van der Waals surface area contributed by atoms with Crippen LogP contribution in [0.4, 0.5) is 5.82 Å². The molecule has 0 saturated heterocycles. The van der Waals surface area contributed by atoms with E-state index in [-0.39, 0.29) is 11.8 Å². The zero-order chi connectivity index (χ0) is 18.8. The normalized spacial score (nSPS) is 12.1. The molecular formula is C23H21N3O. The monoisotopic (exact) mass is 355 g/mol. The lowest BCUT2D eigenvalue weighted by Gasteiger charge is -2.24. The molecule has 1 unspecified atom stereocenters. The van der Waals surface area contributed by atoms with Crippen LogP contribution in [0.15, 0.2) is 73.1 Å². The molecule has 4 nitrogen and oxygen atoms in total. The van der Waals surface area contributed by atoms with Gasteiger partial charge in [0.25, 0.3) is 0 Å². The summed E-state index contributed by atoms with van der Waals surface area (Å²) in [7, 11) is 0. The van der Waals surface area contributed by atoms with Gasteiger partial charge in [-0.1, -0.05) is 42.5 Å². The number of nitrogens with one attached hydrogen (secondary N) is 1. The van der Waals surface area contributed by atoms with Gasteiger partial charge in [0.2, 0.25) is 0 Å². The van der Waals surface area contributed by atoms with Gasteiger partial charge in [-0.15, -0.1) is 0 Å². The van der Waals surface area contributed by atoms with E-state index >= 15 is 0 Å². The highest BCUT2D eigenvalue weighted by Gasteiger charge is 2.22. The van der Waals surface area contributed by atoms with E-state index in [1.54, 1.807) is 12.4 Å². The number of hydrogen-bond acceptors (Lipinski definition) is 4. The van der Waals surface area contributed by atoms with E-state index in [0.29, 0.717) is 5.52 Å². The third-order valence-electron chi connectivity index (χ3n) is 5.00. The van der Waals surface area contributed by atoms with Gasteiger partial charge in [-0.25, -0.2) is 4.98 Å². The molecule has 27 heavy (non-hydrogen) atoms. The fourth-order valence-electron chi connectivity index (χ4n) is 3.38. The molecule has 2 aromatic heterocycles. The maximum Gasteiger partial charge on any atom is 0.147 e. The van der Waals surface area contributed by atoms with E-state index in [0.717, 1.165) is 22.3 Å². The molecule has 0 aliphatic rings. The minimum atomic E-state index is -0.244. The SMILES string of the molecule is Cc1cccc(C(Nc2ccccn2)c2ccc3cccnc3c2O)c1C.